The zero-order valence-electron chi connectivity index (χ0n) is 11.1. The molecule has 2 aromatic carbocycles. The molecule has 0 aromatic heterocycles. The van der Waals surface area contributed by atoms with E-state index in [9.17, 15) is 0 Å². The molecule has 0 aliphatic heterocycles. The van der Waals surface area contributed by atoms with E-state index < -0.39 is 0 Å². The fourth-order valence-corrected chi connectivity index (χ4v) is 1.82. The highest BCUT2D eigenvalue weighted by atomic mass is 35.5. The summed E-state index contributed by atoms with van der Waals surface area (Å²) in [5.74, 6) is 1.64. The molecule has 0 atom stereocenters. The monoisotopic (exact) mass is 287 g/mol. The fourth-order valence-electron chi connectivity index (χ4n) is 1.66. The van der Waals surface area contributed by atoms with E-state index in [1.54, 1.807) is 24.3 Å². The first-order chi connectivity index (χ1) is 9.74. The number of halogens is 1. The van der Waals surface area contributed by atoms with E-state index in [1.807, 2.05) is 25.1 Å². The Morgan fingerprint density at radius 1 is 1.10 bits per heavy atom. The summed E-state index contributed by atoms with van der Waals surface area (Å²) in [5, 5.41) is 9.61. The molecule has 0 N–H and O–H groups in total. The largest absolute Gasteiger partial charge is 0.490 e. The van der Waals surface area contributed by atoms with Gasteiger partial charge in [-0.3, -0.25) is 0 Å². The summed E-state index contributed by atoms with van der Waals surface area (Å²) >= 11 is 5.94. The van der Waals surface area contributed by atoms with Crippen molar-refractivity contribution in [3.8, 4) is 23.3 Å². The molecule has 0 amide bonds. The van der Waals surface area contributed by atoms with Gasteiger partial charge in [-0.15, -0.1) is 0 Å². The van der Waals surface area contributed by atoms with Crippen LogP contribution in [0.1, 0.15) is 18.9 Å². The second-order valence-corrected chi connectivity index (χ2v) is 4.59. The van der Waals surface area contributed by atoms with Crippen LogP contribution in [0.15, 0.2) is 42.5 Å². The van der Waals surface area contributed by atoms with E-state index in [0.717, 1.165) is 6.42 Å². The number of benzene rings is 2. The van der Waals surface area contributed by atoms with Crippen molar-refractivity contribution < 1.29 is 9.47 Å². The van der Waals surface area contributed by atoms with Crippen LogP contribution in [0, 0.1) is 11.3 Å². The molecule has 3 nitrogen and oxygen atoms in total. The molecule has 0 spiro atoms. The lowest BCUT2D eigenvalue weighted by atomic mass is 10.2. The van der Waals surface area contributed by atoms with Crippen LogP contribution in [0.2, 0.25) is 5.02 Å². The molecule has 0 saturated carbocycles. The SMILES string of the molecule is CCCOc1ccccc1Oc1cc(Cl)ccc1C#N. The number of hydrogen-bond acceptors (Lipinski definition) is 3. The lowest BCUT2D eigenvalue weighted by Crippen LogP contribution is -1.97. The van der Waals surface area contributed by atoms with Gasteiger partial charge >= 0.3 is 0 Å². The number of hydrogen-bond donors (Lipinski definition) is 0. The minimum atomic E-state index is 0.424. The molecule has 2 aromatic rings. The number of nitriles is 1. The van der Waals surface area contributed by atoms with E-state index in [1.165, 1.54) is 0 Å². The first-order valence-electron chi connectivity index (χ1n) is 6.34. The predicted molar refractivity (Wildman–Crippen MR) is 78.5 cm³/mol. The van der Waals surface area contributed by atoms with E-state index in [4.69, 9.17) is 26.3 Å². The molecule has 0 fully saturated rings. The summed E-state index contributed by atoms with van der Waals surface area (Å²) < 4.78 is 11.4. The van der Waals surface area contributed by atoms with Crippen molar-refractivity contribution in [2.24, 2.45) is 0 Å². The van der Waals surface area contributed by atoms with Crippen LogP contribution < -0.4 is 9.47 Å². The molecule has 0 aliphatic carbocycles. The zero-order valence-corrected chi connectivity index (χ0v) is 11.9. The summed E-state index contributed by atoms with van der Waals surface area (Å²) in [4.78, 5) is 0. The highest BCUT2D eigenvalue weighted by Crippen LogP contribution is 2.34. The van der Waals surface area contributed by atoms with Crippen LogP contribution in [0.4, 0.5) is 0 Å². The number of nitrogens with zero attached hydrogens (tertiary/aromatic N) is 1. The molecule has 0 heterocycles. The van der Waals surface area contributed by atoms with Gasteiger partial charge in [-0.1, -0.05) is 30.7 Å². The number of para-hydroxylation sites is 2. The van der Waals surface area contributed by atoms with Crippen LogP contribution >= 0.6 is 11.6 Å². The molecular formula is C16H14ClNO2. The molecule has 0 unspecified atom stereocenters. The fraction of sp³-hybridized carbons (Fsp3) is 0.188. The van der Waals surface area contributed by atoms with E-state index in [-0.39, 0.29) is 0 Å². The van der Waals surface area contributed by atoms with Gasteiger partial charge in [0, 0.05) is 11.1 Å². The summed E-state index contributed by atoms with van der Waals surface area (Å²) in [6, 6.07) is 14.4. The topological polar surface area (TPSA) is 42.2 Å². The Kier molecular flexibility index (Phi) is 4.86. The Balaban J connectivity index is 2.30. The van der Waals surface area contributed by atoms with Gasteiger partial charge in [-0.25, -0.2) is 0 Å². The first-order valence-corrected chi connectivity index (χ1v) is 6.71. The van der Waals surface area contributed by atoms with Crippen molar-refractivity contribution in [3.63, 3.8) is 0 Å². The van der Waals surface area contributed by atoms with Gasteiger partial charge < -0.3 is 9.47 Å². The molecule has 0 radical (unpaired) electrons. The molecule has 4 heteroatoms. The van der Waals surface area contributed by atoms with Gasteiger partial charge in [0.05, 0.1) is 12.2 Å². The predicted octanol–water partition coefficient (Wildman–Crippen LogP) is 4.79. The number of rotatable bonds is 5. The van der Waals surface area contributed by atoms with Crippen LogP contribution in [0.3, 0.4) is 0 Å². The smallest absolute Gasteiger partial charge is 0.169 e. The Bertz CT molecular complexity index is 635. The lowest BCUT2D eigenvalue weighted by Gasteiger charge is -2.12. The highest BCUT2D eigenvalue weighted by Gasteiger charge is 2.09. The Morgan fingerprint density at radius 2 is 1.85 bits per heavy atom. The average Bonchev–Trinajstić information content (AvgIpc) is 2.47. The summed E-state index contributed by atoms with van der Waals surface area (Å²) in [6.07, 6.45) is 0.912. The third kappa shape index (κ3) is 3.43. The normalized spacial score (nSPS) is 9.85. The summed E-state index contributed by atoms with van der Waals surface area (Å²) in [7, 11) is 0. The van der Waals surface area contributed by atoms with Crippen molar-refractivity contribution in [2.45, 2.75) is 13.3 Å². The molecule has 0 bridgehead atoms. The van der Waals surface area contributed by atoms with Gasteiger partial charge in [-0.2, -0.15) is 5.26 Å². The Morgan fingerprint density at radius 3 is 2.55 bits per heavy atom. The van der Waals surface area contributed by atoms with E-state index >= 15 is 0 Å². The van der Waals surface area contributed by atoms with Crippen molar-refractivity contribution in [1.29, 1.82) is 5.26 Å². The molecule has 0 aliphatic rings. The molecule has 0 saturated heterocycles. The van der Waals surface area contributed by atoms with Gasteiger partial charge in [0.1, 0.15) is 11.8 Å². The second-order valence-electron chi connectivity index (χ2n) is 4.15. The van der Waals surface area contributed by atoms with Crippen molar-refractivity contribution >= 4 is 11.6 Å². The standard InChI is InChI=1S/C16H14ClNO2/c1-2-9-19-14-5-3-4-6-15(14)20-16-10-13(17)8-7-12(16)11-18/h3-8,10H,2,9H2,1H3. The average molecular weight is 288 g/mol. The summed E-state index contributed by atoms with van der Waals surface area (Å²) in [6.45, 7) is 2.65. The van der Waals surface area contributed by atoms with Gasteiger partial charge in [0.2, 0.25) is 0 Å². The molecule has 2 rings (SSSR count). The minimum Gasteiger partial charge on any atom is -0.490 e. The maximum absolute atomic E-state index is 9.09. The molecular weight excluding hydrogens is 274 g/mol. The quantitative estimate of drug-likeness (QED) is 0.794. The third-order valence-electron chi connectivity index (χ3n) is 2.59. The summed E-state index contributed by atoms with van der Waals surface area (Å²) in [5.41, 5.74) is 0.430. The minimum absolute atomic E-state index is 0.424. The Labute approximate surface area is 123 Å². The van der Waals surface area contributed by atoms with Crippen LogP contribution in [-0.2, 0) is 0 Å². The lowest BCUT2D eigenvalue weighted by molar-refractivity contribution is 0.302. The molecule has 102 valence electrons. The van der Waals surface area contributed by atoms with E-state index in [0.29, 0.717) is 34.4 Å². The van der Waals surface area contributed by atoms with Gasteiger partial charge in [0.15, 0.2) is 11.5 Å². The molecule has 20 heavy (non-hydrogen) atoms. The highest BCUT2D eigenvalue weighted by molar-refractivity contribution is 6.30. The van der Waals surface area contributed by atoms with Crippen molar-refractivity contribution in [2.75, 3.05) is 6.61 Å². The van der Waals surface area contributed by atoms with Crippen LogP contribution in [0.25, 0.3) is 0 Å². The first kappa shape index (κ1) is 14.2. The maximum Gasteiger partial charge on any atom is 0.169 e. The third-order valence-corrected chi connectivity index (χ3v) is 2.83. The Hall–Kier alpha value is -2.18. The van der Waals surface area contributed by atoms with Gasteiger partial charge in [-0.05, 0) is 30.7 Å². The van der Waals surface area contributed by atoms with Gasteiger partial charge in [0.25, 0.3) is 0 Å². The van der Waals surface area contributed by atoms with E-state index in [2.05, 4.69) is 6.07 Å². The van der Waals surface area contributed by atoms with Crippen molar-refractivity contribution in [3.05, 3.63) is 53.1 Å². The second kappa shape index (κ2) is 6.83. The van der Waals surface area contributed by atoms with Crippen LogP contribution in [0.5, 0.6) is 17.2 Å². The van der Waals surface area contributed by atoms with Crippen LogP contribution in [-0.4, -0.2) is 6.61 Å². The maximum atomic E-state index is 9.09. The van der Waals surface area contributed by atoms with Crippen molar-refractivity contribution in [1.82, 2.24) is 0 Å². The zero-order chi connectivity index (χ0) is 14.4. The number of ether oxygens (including phenoxy) is 2.